The molecule has 2 atom stereocenters. The predicted octanol–water partition coefficient (Wildman–Crippen LogP) is 1.76. The van der Waals surface area contributed by atoms with Gasteiger partial charge in [0.25, 0.3) is 5.56 Å². The minimum atomic E-state index is -1.37. The molecule has 1 fully saturated rings. The van der Waals surface area contributed by atoms with Crippen LogP contribution in [-0.4, -0.2) is 60.4 Å². The van der Waals surface area contributed by atoms with Crippen molar-refractivity contribution < 1.29 is 38.1 Å². The van der Waals surface area contributed by atoms with Gasteiger partial charge in [0.2, 0.25) is 11.8 Å². The number of carbonyl (C=O) groups is 4. The summed E-state index contributed by atoms with van der Waals surface area (Å²) in [5.74, 6) is -3.44. The van der Waals surface area contributed by atoms with E-state index < -0.39 is 41.3 Å². The fourth-order valence-corrected chi connectivity index (χ4v) is 6.46. The number of amides is 2. The molecule has 3 heterocycles. The highest BCUT2D eigenvalue weighted by molar-refractivity contribution is 7.80. The zero-order valence-electron chi connectivity index (χ0n) is 25.8. The molecule has 47 heavy (non-hydrogen) atoms. The largest absolute Gasteiger partial charge is 0.490 e. The van der Waals surface area contributed by atoms with Crippen LogP contribution in [0.25, 0.3) is 6.08 Å². The number of thiazole rings is 1. The first-order valence-corrected chi connectivity index (χ1v) is 15.7. The molecule has 2 aliphatic rings. The van der Waals surface area contributed by atoms with Crippen LogP contribution in [-0.2, 0) is 28.7 Å². The molecule has 15 heteroatoms. The number of thiocarbonyl (C=S) groups is 1. The molecule has 2 aliphatic heterocycles. The molecular formula is C32H30N4O9S2. The van der Waals surface area contributed by atoms with Gasteiger partial charge in [0.1, 0.15) is 5.92 Å². The SMILES string of the molecule is CCOC(=O)C1=C(C)N=c2s/c(=C\[C@H]3C(=O)NC(=S)N(c4ccccc4)C3=O)c(=O)n2[C@@H]1c1ccc(OCC(=O)OC)c(OCC)c1. The Morgan fingerprint density at radius 3 is 2.47 bits per heavy atom. The van der Waals surface area contributed by atoms with E-state index in [0.717, 1.165) is 11.3 Å². The Morgan fingerprint density at radius 1 is 1.04 bits per heavy atom. The number of methoxy groups -OCH3 is 1. The van der Waals surface area contributed by atoms with Crippen molar-refractivity contribution in [3.05, 3.63) is 85.1 Å². The predicted molar refractivity (Wildman–Crippen MR) is 175 cm³/mol. The summed E-state index contributed by atoms with van der Waals surface area (Å²) >= 11 is 6.25. The second-order valence-electron chi connectivity index (χ2n) is 10.1. The summed E-state index contributed by atoms with van der Waals surface area (Å²) < 4.78 is 22.8. The van der Waals surface area contributed by atoms with Gasteiger partial charge in [0.05, 0.1) is 47.9 Å². The molecule has 13 nitrogen and oxygen atoms in total. The topological polar surface area (TPSA) is 155 Å². The maximum Gasteiger partial charge on any atom is 0.343 e. The third-order valence-electron chi connectivity index (χ3n) is 7.21. The number of allylic oxidation sites excluding steroid dienone is 1. The summed E-state index contributed by atoms with van der Waals surface area (Å²) in [6, 6.07) is 12.4. The van der Waals surface area contributed by atoms with E-state index in [-0.39, 0.29) is 51.3 Å². The molecule has 1 saturated heterocycles. The van der Waals surface area contributed by atoms with E-state index in [1.807, 2.05) is 0 Å². The van der Waals surface area contributed by atoms with Crippen LogP contribution in [0, 0.1) is 5.92 Å². The summed E-state index contributed by atoms with van der Waals surface area (Å²) in [6.45, 7) is 5.03. The van der Waals surface area contributed by atoms with Crippen LogP contribution >= 0.6 is 23.6 Å². The van der Waals surface area contributed by atoms with Gasteiger partial charge in [-0.15, -0.1) is 0 Å². The highest BCUT2D eigenvalue weighted by Crippen LogP contribution is 2.36. The van der Waals surface area contributed by atoms with Gasteiger partial charge in [-0.2, -0.15) is 0 Å². The lowest BCUT2D eigenvalue weighted by Gasteiger charge is -2.31. The number of ether oxygens (including phenoxy) is 4. The first kappa shape index (κ1) is 33.2. The normalized spacial score (nSPS) is 17.9. The van der Waals surface area contributed by atoms with E-state index in [9.17, 15) is 24.0 Å². The standard InChI is InChI=1S/C32H30N4O9S2/c1-5-43-22-14-18(12-13-21(22)45-16-24(37)42-4)26-25(30(41)44-6-2)17(3)33-32-36(26)29(40)23(47-32)15-20-27(38)34-31(46)35(28(20)39)19-10-8-7-9-11-19/h7-15,20,26H,5-6,16H2,1-4H3,(H,34,38,46)/b23-15-/t20-,26+/m0/s1. The highest BCUT2D eigenvalue weighted by Gasteiger charge is 2.39. The lowest BCUT2D eigenvalue weighted by Crippen LogP contribution is -2.58. The van der Waals surface area contributed by atoms with Crippen molar-refractivity contribution in [2.24, 2.45) is 10.9 Å². The zero-order valence-corrected chi connectivity index (χ0v) is 27.4. The number of fused-ring (bicyclic) bond motifs is 1. The molecular weight excluding hydrogens is 649 g/mol. The van der Waals surface area contributed by atoms with Crippen molar-refractivity contribution in [3.63, 3.8) is 0 Å². The van der Waals surface area contributed by atoms with Gasteiger partial charge in [-0.1, -0.05) is 35.6 Å². The Bertz CT molecular complexity index is 1980. The second kappa shape index (κ2) is 14.1. The molecule has 2 amide bonds. The zero-order chi connectivity index (χ0) is 33.8. The molecule has 0 unspecified atom stereocenters. The van der Waals surface area contributed by atoms with Crippen LogP contribution in [0.3, 0.4) is 0 Å². The summed E-state index contributed by atoms with van der Waals surface area (Å²) in [7, 11) is 1.24. The smallest absolute Gasteiger partial charge is 0.343 e. The number of para-hydroxylation sites is 1. The Labute approximate surface area is 277 Å². The third-order valence-corrected chi connectivity index (χ3v) is 8.49. The summed E-state index contributed by atoms with van der Waals surface area (Å²) in [5.41, 5.74) is 0.759. The first-order chi connectivity index (χ1) is 22.6. The second-order valence-corrected chi connectivity index (χ2v) is 11.5. The molecule has 0 radical (unpaired) electrons. The average molecular weight is 679 g/mol. The number of benzene rings is 2. The minimum Gasteiger partial charge on any atom is -0.490 e. The lowest BCUT2D eigenvalue weighted by molar-refractivity contribution is -0.143. The molecule has 3 aromatic rings. The molecule has 1 N–H and O–H groups in total. The van der Waals surface area contributed by atoms with Gasteiger partial charge in [0.15, 0.2) is 28.0 Å². The Balaban J connectivity index is 1.64. The number of esters is 2. The molecule has 0 spiro atoms. The number of nitrogens with one attached hydrogen (secondary N) is 1. The molecule has 5 rings (SSSR count). The van der Waals surface area contributed by atoms with Gasteiger partial charge < -0.3 is 24.3 Å². The van der Waals surface area contributed by atoms with Crippen molar-refractivity contribution in [1.29, 1.82) is 0 Å². The quantitative estimate of drug-likeness (QED) is 0.191. The van der Waals surface area contributed by atoms with Crippen LogP contribution in [0.2, 0.25) is 0 Å². The van der Waals surface area contributed by atoms with Crippen molar-refractivity contribution in [2.75, 3.05) is 31.8 Å². The maximum atomic E-state index is 14.1. The van der Waals surface area contributed by atoms with Gasteiger partial charge in [0, 0.05) is 0 Å². The van der Waals surface area contributed by atoms with E-state index in [0.29, 0.717) is 16.9 Å². The fraction of sp³-hybridized carbons (Fsp3) is 0.281. The third kappa shape index (κ3) is 6.57. The Hall–Kier alpha value is -5.15. The number of hydrogen-bond acceptors (Lipinski definition) is 12. The van der Waals surface area contributed by atoms with Crippen molar-refractivity contribution in [2.45, 2.75) is 26.8 Å². The molecule has 0 saturated carbocycles. The lowest BCUT2D eigenvalue weighted by atomic mass is 9.95. The van der Waals surface area contributed by atoms with Crippen LogP contribution in [0.1, 0.15) is 32.4 Å². The number of carbonyl (C=O) groups excluding carboxylic acids is 4. The van der Waals surface area contributed by atoms with Crippen LogP contribution in [0.5, 0.6) is 11.5 Å². The molecule has 0 bridgehead atoms. The van der Waals surface area contributed by atoms with E-state index in [1.54, 1.807) is 69.3 Å². The van der Waals surface area contributed by atoms with E-state index >= 15 is 0 Å². The summed E-state index contributed by atoms with van der Waals surface area (Å²) in [5, 5.41) is 2.47. The first-order valence-electron chi connectivity index (χ1n) is 14.5. The minimum absolute atomic E-state index is 0.0593. The van der Waals surface area contributed by atoms with Gasteiger partial charge >= 0.3 is 11.9 Å². The van der Waals surface area contributed by atoms with Gasteiger partial charge in [-0.25, -0.2) is 14.6 Å². The van der Waals surface area contributed by atoms with Crippen molar-refractivity contribution >= 4 is 64.2 Å². The molecule has 2 aromatic carbocycles. The van der Waals surface area contributed by atoms with E-state index in [1.165, 1.54) is 22.7 Å². The average Bonchev–Trinajstić information content (AvgIpc) is 3.35. The summed E-state index contributed by atoms with van der Waals surface area (Å²) in [4.78, 5) is 71.8. The number of nitrogens with zero attached hydrogens (tertiary/aromatic N) is 3. The summed E-state index contributed by atoms with van der Waals surface area (Å²) in [6.07, 6.45) is 1.29. The number of anilines is 1. The van der Waals surface area contributed by atoms with E-state index in [4.69, 9.17) is 26.4 Å². The van der Waals surface area contributed by atoms with Gasteiger partial charge in [-0.05, 0) is 68.9 Å². The van der Waals surface area contributed by atoms with Crippen molar-refractivity contribution in [3.8, 4) is 11.5 Å². The molecule has 0 aliphatic carbocycles. The molecule has 244 valence electrons. The number of rotatable bonds is 10. The van der Waals surface area contributed by atoms with Gasteiger partial charge in [-0.3, -0.25) is 23.9 Å². The Morgan fingerprint density at radius 2 is 1.79 bits per heavy atom. The number of aromatic nitrogens is 1. The number of hydrogen-bond donors (Lipinski definition) is 1. The Kier molecular flexibility index (Phi) is 9.96. The monoisotopic (exact) mass is 678 g/mol. The van der Waals surface area contributed by atoms with Crippen LogP contribution in [0.4, 0.5) is 5.69 Å². The highest BCUT2D eigenvalue weighted by atomic mass is 32.1. The fourth-order valence-electron chi connectivity index (χ4n) is 5.11. The maximum absolute atomic E-state index is 14.1. The van der Waals surface area contributed by atoms with E-state index in [2.05, 4.69) is 15.0 Å². The van der Waals surface area contributed by atoms with Crippen LogP contribution in [0.15, 0.2) is 69.6 Å². The molecule has 1 aromatic heterocycles. The van der Waals surface area contributed by atoms with Crippen molar-refractivity contribution in [1.82, 2.24) is 9.88 Å². The van der Waals surface area contributed by atoms with Crippen LogP contribution < -0.4 is 34.6 Å².